The highest BCUT2D eigenvalue weighted by atomic mass is 16.5. The summed E-state index contributed by atoms with van der Waals surface area (Å²) in [5.74, 6) is 1.78. The van der Waals surface area contributed by atoms with Crippen LogP contribution in [0.15, 0.2) is 194 Å². The van der Waals surface area contributed by atoms with Crippen LogP contribution < -0.4 is 9.64 Å². The first kappa shape index (κ1) is 28.9. The maximum atomic E-state index is 6.92. The van der Waals surface area contributed by atoms with Crippen LogP contribution in [0.1, 0.15) is 22.3 Å². The number of anilines is 3. The van der Waals surface area contributed by atoms with Gasteiger partial charge in [0.05, 0.1) is 16.4 Å². The highest BCUT2D eigenvalue weighted by Gasteiger charge is 2.51. The summed E-state index contributed by atoms with van der Waals surface area (Å²) in [7, 11) is 0. The molecule has 3 heteroatoms. The summed E-state index contributed by atoms with van der Waals surface area (Å²) < 4.78 is 9.30. The maximum Gasteiger partial charge on any atom is 0.134 e. The fraction of sp³-hybridized carbons (Fsp3) is 0.0204. The lowest BCUT2D eigenvalue weighted by molar-refractivity contribution is 0.437. The number of ether oxygens (including phenoxy) is 1. The molecule has 244 valence electrons. The Hall–Kier alpha value is -6.84. The van der Waals surface area contributed by atoms with Crippen molar-refractivity contribution in [2.75, 3.05) is 4.90 Å². The van der Waals surface area contributed by atoms with Gasteiger partial charge >= 0.3 is 0 Å². The second-order valence-electron chi connectivity index (χ2n) is 13.7. The molecular weight excluding hydrogens is 633 g/mol. The molecule has 0 saturated heterocycles. The molecule has 9 aromatic rings. The van der Waals surface area contributed by atoms with Gasteiger partial charge in [-0.3, -0.25) is 0 Å². The quantitative estimate of drug-likeness (QED) is 0.186. The van der Waals surface area contributed by atoms with Crippen LogP contribution in [-0.4, -0.2) is 4.57 Å². The highest BCUT2D eigenvalue weighted by Crippen LogP contribution is 2.62. The summed E-state index contributed by atoms with van der Waals surface area (Å²) >= 11 is 0. The summed E-state index contributed by atoms with van der Waals surface area (Å²) in [6, 6.07) is 69.9. The van der Waals surface area contributed by atoms with Crippen LogP contribution in [0.25, 0.3) is 38.6 Å². The number of para-hydroxylation sites is 4. The van der Waals surface area contributed by atoms with E-state index in [1.165, 1.54) is 44.2 Å². The van der Waals surface area contributed by atoms with E-state index in [1.807, 2.05) is 0 Å². The van der Waals surface area contributed by atoms with E-state index in [1.54, 1.807) is 0 Å². The lowest BCUT2D eigenvalue weighted by Gasteiger charge is -2.39. The molecule has 0 unspecified atom stereocenters. The Bertz CT molecular complexity index is 2730. The van der Waals surface area contributed by atoms with Gasteiger partial charge in [-0.25, -0.2) is 0 Å². The lowest BCUT2D eigenvalue weighted by atomic mass is 9.66. The lowest BCUT2D eigenvalue weighted by Crippen LogP contribution is -2.32. The van der Waals surface area contributed by atoms with E-state index in [-0.39, 0.29) is 0 Å². The highest BCUT2D eigenvalue weighted by molar-refractivity contribution is 6.10. The summed E-state index contributed by atoms with van der Waals surface area (Å²) in [6.45, 7) is 0. The Labute approximate surface area is 302 Å². The molecule has 0 N–H and O–H groups in total. The number of aromatic nitrogens is 1. The molecule has 0 radical (unpaired) electrons. The van der Waals surface area contributed by atoms with Crippen molar-refractivity contribution in [2.45, 2.75) is 5.41 Å². The summed E-state index contributed by atoms with van der Waals surface area (Å²) in [6.07, 6.45) is 0. The molecule has 52 heavy (non-hydrogen) atoms. The van der Waals surface area contributed by atoms with Gasteiger partial charge in [0.1, 0.15) is 11.5 Å². The molecule has 0 fully saturated rings. The molecule has 11 rings (SSSR count). The van der Waals surface area contributed by atoms with E-state index in [0.717, 1.165) is 45.3 Å². The van der Waals surface area contributed by atoms with Gasteiger partial charge in [-0.05, 0) is 89.0 Å². The van der Waals surface area contributed by atoms with Gasteiger partial charge in [0.15, 0.2) is 0 Å². The van der Waals surface area contributed by atoms with Crippen molar-refractivity contribution in [3.63, 3.8) is 0 Å². The van der Waals surface area contributed by atoms with E-state index in [0.29, 0.717) is 0 Å². The van der Waals surface area contributed by atoms with Gasteiger partial charge in [0.2, 0.25) is 0 Å². The van der Waals surface area contributed by atoms with Crippen molar-refractivity contribution >= 4 is 38.9 Å². The summed E-state index contributed by atoms with van der Waals surface area (Å²) in [5, 5.41) is 2.42. The minimum Gasteiger partial charge on any atom is -0.457 e. The van der Waals surface area contributed by atoms with E-state index in [2.05, 4.69) is 204 Å². The molecule has 1 spiro atoms. The molecule has 0 atom stereocenters. The molecule has 0 amide bonds. The standard InChI is InChI=1S/C49H32N2O/c1-3-15-33(16-4-1)50(34-17-5-2-6-18-34)35-27-29-36(30-28-35)51-45-25-13-9-21-39(45)40-31-44-48(32-46(40)51)52-47-26-14-12-24-43(47)49(44)41-22-10-7-19-37(41)38-20-8-11-23-42(38)49/h1-32H. The van der Waals surface area contributed by atoms with Crippen LogP contribution in [0.2, 0.25) is 0 Å². The summed E-state index contributed by atoms with van der Waals surface area (Å²) in [4.78, 5) is 2.30. The third-order valence-corrected chi connectivity index (χ3v) is 11.0. The Morgan fingerprint density at radius 1 is 0.385 bits per heavy atom. The van der Waals surface area contributed by atoms with Gasteiger partial charge in [-0.1, -0.05) is 121 Å². The van der Waals surface area contributed by atoms with Crippen molar-refractivity contribution in [1.29, 1.82) is 0 Å². The first-order valence-electron chi connectivity index (χ1n) is 17.9. The predicted octanol–water partition coefficient (Wildman–Crippen LogP) is 12.7. The largest absolute Gasteiger partial charge is 0.457 e. The Morgan fingerprint density at radius 3 is 1.60 bits per heavy atom. The van der Waals surface area contributed by atoms with Gasteiger partial charge < -0.3 is 14.2 Å². The van der Waals surface area contributed by atoms with E-state index >= 15 is 0 Å². The first-order valence-corrected chi connectivity index (χ1v) is 17.9. The number of benzene rings is 8. The fourth-order valence-electron chi connectivity index (χ4n) is 8.95. The van der Waals surface area contributed by atoms with Gasteiger partial charge in [-0.2, -0.15) is 0 Å². The predicted molar refractivity (Wildman–Crippen MR) is 213 cm³/mol. The second-order valence-corrected chi connectivity index (χ2v) is 13.7. The molecule has 1 aromatic heterocycles. The van der Waals surface area contributed by atoms with Crippen molar-refractivity contribution in [2.24, 2.45) is 0 Å². The third kappa shape index (κ3) is 3.96. The Balaban J connectivity index is 1.14. The molecule has 0 saturated carbocycles. The van der Waals surface area contributed by atoms with Gasteiger partial charge in [-0.15, -0.1) is 0 Å². The molecular formula is C49H32N2O. The molecule has 3 nitrogen and oxygen atoms in total. The number of hydrogen-bond acceptors (Lipinski definition) is 2. The minimum absolute atomic E-state index is 0.505. The number of hydrogen-bond donors (Lipinski definition) is 0. The van der Waals surface area contributed by atoms with Crippen molar-refractivity contribution in [1.82, 2.24) is 4.57 Å². The number of fused-ring (bicyclic) bond motifs is 12. The smallest absolute Gasteiger partial charge is 0.134 e. The van der Waals surface area contributed by atoms with Crippen LogP contribution in [0, 0.1) is 0 Å². The van der Waals surface area contributed by atoms with Gasteiger partial charge in [0.25, 0.3) is 0 Å². The first-order chi connectivity index (χ1) is 25.8. The molecule has 2 heterocycles. The SMILES string of the molecule is c1ccc(N(c2ccccc2)c2ccc(-n3c4ccccc4c4cc5c(cc43)Oc3ccccc3C53c4ccccc4-c4ccccc43)cc2)cc1. The van der Waals surface area contributed by atoms with Crippen molar-refractivity contribution in [3.05, 3.63) is 216 Å². The second kappa shape index (κ2) is 11.1. The van der Waals surface area contributed by atoms with Crippen molar-refractivity contribution < 1.29 is 4.74 Å². The van der Waals surface area contributed by atoms with Gasteiger partial charge in [0, 0.05) is 50.7 Å². The fourth-order valence-corrected chi connectivity index (χ4v) is 8.95. The topological polar surface area (TPSA) is 17.4 Å². The third-order valence-electron chi connectivity index (χ3n) is 11.0. The zero-order valence-corrected chi connectivity index (χ0v) is 28.3. The van der Waals surface area contributed by atoms with Crippen LogP contribution >= 0.6 is 0 Å². The van der Waals surface area contributed by atoms with Crippen LogP contribution in [0.4, 0.5) is 17.1 Å². The average Bonchev–Trinajstić information content (AvgIpc) is 3.69. The van der Waals surface area contributed by atoms with E-state index < -0.39 is 5.41 Å². The molecule has 1 aliphatic heterocycles. The average molecular weight is 665 g/mol. The Kier molecular flexibility index (Phi) is 6.17. The molecule has 1 aliphatic carbocycles. The molecule has 0 bridgehead atoms. The molecule has 8 aromatic carbocycles. The summed E-state index contributed by atoms with van der Waals surface area (Å²) in [5.41, 5.74) is 13.7. The van der Waals surface area contributed by atoms with E-state index in [4.69, 9.17) is 4.74 Å². The van der Waals surface area contributed by atoms with E-state index in [9.17, 15) is 0 Å². The number of rotatable bonds is 4. The van der Waals surface area contributed by atoms with Crippen LogP contribution in [0.5, 0.6) is 11.5 Å². The Morgan fingerprint density at radius 2 is 0.923 bits per heavy atom. The number of nitrogens with zero attached hydrogens (tertiary/aromatic N) is 2. The van der Waals surface area contributed by atoms with Crippen LogP contribution in [-0.2, 0) is 5.41 Å². The monoisotopic (exact) mass is 664 g/mol. The zero-order valence-electron chi connectivity index (χ0n) is 28.3. The zero-order chi connectivity index (χ0) is 34.2. The van der Waals surface area contributed by atoms with Crippen molar-refractivity contribution in [3.8, 4) is 28.3 Å². The normalized spacial score (nSPS) is 13.3. The van der Waals surface area contributed by atoms with Crippen LogP contribution in [0.3, 0.4) is 0 Å². The maximum absolute atomic E-state index is 6.92. The minimum atomic E-state index is -0.505. The molecule has 2 aliphatic rings.